The number of rotatable bonds is 3. The third-order valence-electron chi connectivity index (χ3n) is 3.19. The molecule has 1 aromatic carbocycles. The fourth-order valence-electron chi connectivity index (χ4n) is 2.29. The van der Waals surface area contributed by atoms with Crippen molar-refractivity contribution in [3.8, 4) is 11.3 Å². The van der Waals surface area contributed by atoms with Crippen LogP contribution in [0.25, 0.3) is 11.3 Å². The Kier molecular flexibility index (Phi) is 4.18. The summed E-state index contributed by atoms with van der Waals surface area (Å²) in [5, 5.41) is 0. The molecule has 0 unspecified atom stereocenters. The number of halogens is 2. The van der Waals surface area contributed by atoms with Gasteiger partial charge in [-0.15, -0.1) is 0 Å². The van der Waals surface area contributed by atoms with E-state index in [0.29, 0.717) is 17.1 Å². The highest BCUT2D eigenvalue weighted by atomic mass is 79.9. The summed E-state index contributed by atoms with van der Waals surface area (Å²) in [6.07, 6.45) is 0. The van der Waals surface area contributed by atoms with Gasteiger partial charge in [0.05, 0.1) is 0 Å². The van der Waals surface area contributed by atoms with Gasteiger partial charge in [-0.3, -0.25) is 0 Å². The summed E-state index contributed by atoms with van der Waals surface area (Å²) in [6, 6.07) is 4.75. The Labute approximate surface area is 127 Å². The average molecular weight is 340 g/mol. The van der Waals surface area contributed by atoms with Crippen molar-refractivity contribution in [1.82, 2.24) is 9.55 Å². The summed E-state index contributed by atoms with van der Waals surface area (Å²) in [4.78, 5) is 4.64. The van der Waals surface area contributed by atoms with Crippen LogP contribution in [0.1, 0.15) is 45.5 Å². The smallest absolute Gasteiger partial charge is 0.132 e. The number of aromatic nitrogens is 2. The van der Waals surface area contributed by atoms with Crippen molar-refractivity contribution in [3.63, 3.8) is 0 Å². The molecule has 0 aliphatic heterocycles. The van der Waals surface area contributed by atoms with Crippen LogP contribution in [-0.2, 0) is 0 Å². The molecule has 1 aromatic heterocycles. The van der Waals surface area contributed by atoms with Gasteiger partial charge >= 0.3 is 0 Å². The van der Waals surface area contributed by atoms with Crippen molar-refractivity contribution in [2.24, 2.45) is 0 Å². The molecule has 0 amide bonds. The maximum absolute atomic E-state index is 13.5. The van der Waals surface area contributed by atoms with E-state index in [0.717, 1.165) is 10.3 Å². The molecule has 0 atom stereocenters. The molecule has 0 saturated heterocycles. The van der Waals surface area contributed by atoms with Crippen LogP contribution in [-0.4, -0.2) is 9.55 Å². The standard InChI is InChI=1S/C15H19BrFN3/c1-8(2)15-19-13(14(18)20(15)9(3)4)11-7-10(17)5-6-12(11)16/h5-9H,18H2,1-4H3. The summed E-state index contributed by atoms with van der Waals surface area (Å²) < 4.78 is 16.3. The number of nitrogens with zero attached hydrogens (tertiary/aromatic N) is 2. The Morgan fingerprint density at radius 3 is 2.40 bits per heavy atom. The quantitative estimate of drug-likeness (QED) is 0.877. The van der Waals surface area contributed by atoms with E-state index in [1.807, 2.05) is 4.57 Å². The molecular formula is C15H19BrFN3. The summed E-state index contributed by atoms with van der Waals surface area (Å²) in [6.45, 7) is 8.28. The Hall–Kier alpha value is -1.36. The first-order valence-corrected chi connectivity index (χ1v) is 7.45. The minimum Gasteiger partial charge on any atom is -0.383 e. The normalized spacial score (nSPS) is 11.6. The van der Waals surface area contributed by atoms with Crippen LogP contribution in [0, 0.1) is 5.82 Å². The lowest BCUT2D eigenvalue weighted by molar-refractivity contribution is 0.556. The zero-order valence-corrected chi connectivity index (χ0v) is 13.7. The van der Waals surface area contributed by atoms with Gasteiger partial charge in [0, 0.05) is 22.0 Å². The summed E-state index contributed by atoms with van der Waals surface area (Å²) in [7, 11) is 0. The van der Waals surface area contributed by atoms with E-state index >= 15 is 0 Å². The molecule has 0 fully saturated rings. The molecule has 108 valence electrons. The van der Waals surface area contributed by atoms with Crippen molar-refractivity contribution in [2.75, 3.05) is 5.73 Å². The maximum Gasteiger partial charge on any atom is 0.132 e. The van der Waals surface area contributed by atoms with Crippen molar-refractivity contribution < 1.29 is 4.39 Å². The van der Waals surface area contributed by atoms with Gasteiger partial charge in [0.15, 0.2) is 0 Å². The summed E-state index contributed by atoms with van der Waals surface area (Å²) in [5.74, 6) is 1.45. The van der Waals surface area contributed by atoms with Gasteiger partial charge in [-0.1, -0.05) is 29.8 Å². The molecule has 2 rings (SSSR count). The van der Waals surface area contributed by atoms with E-state index in [2.05, 4.69) is 48.6 Å². The second kappa shape index (κ2) is 5.56. The first-order valence-electron chi connectivity index (χ1n) is 6.66. The zero-order chi connectivity index (χ0) is 15.0. The third-order valence-corrected chi connectivity index (χ3v) is 3.88. The highest BCUT2D eigenvalue weighted by Crippen LogP contribution is 2.35. The van der Waals surface area contributed by atoms with E-state index in [4.69, 9.17) is 5.73 Å². The molecule has 3 nitrogen and oxygen atoms in total. The Morgan fingerprint density at radius 2 is 1.90 bits per heavy atom. The first-order chi connectivity index (χ1) is 9.32. The lowest BCUT2D eigenvalue weighted by atomic mass is 10.1. The van der Waals surface area contributed by atoms with E-state index in [9.17, 15) is 4.39 Å². The summed E-state index contributed by atoms with van der Waals surface area (Å²) >= 11 is 3.44. The number of imidazole rings is 1. The van der Waals surface area contributed by atoms with Crippen LogP contribution in [0.2, 0.25) is 0 Å². The molecule has 0 aliphatic carbocycles. The predicted molar refractivity (Wildman–Crippen MR) is 84.2 cm³/mol. The van der Waals surface area contributed by atoms with Crippen molar-refractivity contribution in [3.05, 3.63) is 34.3 Å². The molecular weight excluding hydrogens is 321 g/mol. The van der Waals surface area contributed by atoms with Gasteiger partial charge in [0.25, 0.3) is 0 Å². The van der Waals surface area contributed by atoms with E-state index in [1.54, 1.807) is 6.07 Å². The molecule has 20 heavy (non-hydrogen) atoms. The topological polar surface area (TPSA) is 43.8 Å². The van der Waals surface area contributed by atoms with Crippen molar-refractivity contribution in [1.29, 1.82) is 0 Å². The molecule has 0 radical (unpaired) electrons. The maximum atomic E-state index is 13.5. The summed E-state index contributed by atoms with van der Waals surface area (Å²) in [5.41, 5.74) is 7.57. The number of nitrogens with two attached hydrogens (primary N) is 1. The minimum absolute atomic E-state index is 0.209. The third kappa shape index (κ3) is 2.59. The lowest BCUT2D eigenvalue weighted by Gasteiger charge is -2.15. The van der Waals surface area contributed by atoms with Gasteiger partial charge < -0.3 is 10.3 Å². The molecule has 1 heterocycles. The fourth-order valence-corrected chi connectivity index (χ4v) is 2.72. The Morgan fingerprint density at radius 1 is 1.25 bits per heavy atom. The first kappa shape index (κ1) is 15.0. The van der Waals surface area contributed by atoms with Crippen LogP contribution < -0.4 is 5.73 Å². The largest absolute Gasteiger partial charge is 0.383 e. The number of anilines is 1. The molecule has 2 N–H and O–H groups in total. The van der Waals surface area contributed by atoms with Gasteiger partial charge in [0.2, 0.25) is 0 Å². The average Bonchev–Trinajstić information content (AvgIpc) is 2.70. The van der Waals surface area contributed by atoms with Gasteiger partial charge in [0.1, 0.15) is 23.2 Å². The predicted octanol–water partition coefficient (Wildman–Crippen LogP) is 4.74. The van der Waals surface area contributed by atoms with Crippen molar-refractivity contribution >= 4 is 21.7 Å². The molecule has 0 aliphatic rings. The highest BCUT2D eigenvalue weighted by molar-refractivity contribution is 9.10. The Bertz CT molecular complexity index is 632. The number of benzene rings is 1. The number of hydrogen-bond acceptors (Lipinski definition) is 2. The second-order valence-corrected chi connectivity index (χ2v) is 6.30. The minimum atomic E-state index is -0.298. The SMILES string of the molecule is CC(C)c1nc(-c2cc(F)ccc2Br)c(N)n1C(C)C. The fraction of sp³-hybridized carbons (Fsp3) is 0.400. The van der Waals surface area contributed by atoms with E-state index < -0.39 is 0 Å². The van der Waals surface area contributed by atoms with E-state index in [1.165, 1.54) is 12.1 Å². The molecule has 0 bridgehead atoms. The van der Waals surface area contributed by atoms with Gasteiger partial charge in [-0.2, -0.15) is 0 Å². The van der Waals surface area contributed by atoms with Crippen molar-refractivity contribution in [2.45, 2.75) is 39.7 Å². The molecule has 5 heteroatoms. The Balaban J connectivity index is 2.69. The van der Waals surface area contributed by atoms with Crippen LogP contribution in [0.5, 0.6) is 0 Å². The number of nitrogen functional groups attached to an aromatic ring is 1. The molecule has 0 saturated carbocycles. The number of hydrogen-bond donors (Lipinski definition) is 1. The monoisotopic (exact) mass is 339 g/mol. The second-order valence-electron chi connectivity index (χ2n) is 5.45. The lowest BCUT2D eigenvalue weighted by Crippen LogP contribution is -2.10. The van der Waals surface area contributed by atoms with Crippen LogP contribution in [0.4, 0.5) is 10.2 Å². The van der Waals surface area contributed by atoms with Gasteiger partial charge in [-0.05, 0) is 32.0 Å². The van der Waals surface area contributed by atoms with Gasteiger partial charge in [-0.25, -0.2) is 9.37 Å². The highest BCUT2D eigenvalue weighted by Gasteiger charge is 2.21. The van der Waals surface area contributed by atoms with E-state index in [-0.39, 0.29) is 17.8 Å². The molecule has 2 aromatic rings. The van der Waals surface area contributed by atoms with Crippen LogP contribution in [0.15, 0.2) is 22.7 Å². The molecule has 0 spiro atoms. The zero-order valence-electron chi connectivity index (χ0n) is 12.1. The van der Waals surface area contributed by atoms with Crippen LogP contribution in [0.3, 0.4) is 0 Å². The van der Waals surface area contributed by atoms with Crippen LogP contribution >= 0.6 is 15.9 Å².